The molecule has 0 bridgehead atoms. The standard InChI is InChI=1S/C19H20N4O/c1-15-3-2-4-16(13-15)14-19(24)21-10-12-23-11-7-18(22-23)17-5-8-20-9-6-17/h2-9,11,13H,10,12,14H2,1H3,(H,21,24). The van der Waals surface area contributed by atoms with Crippen molar-refractivity contribution in [3.63, 3.8) is 0 Å². The zero-order valence-electron chi connectivity index (χ0n) is 13.6. The fraction of sp³-hybridized carbons (Fsp3) is 0.211. The summed E-state index contributed by atoms with van der Waals surface area (Å²) in [5.74, 6) is 0.0297. The van der Waals surface area contributed by atoms with Crippen LogP contribution in [0.2, 0.25) is 0 Å². The highest BCUT2D eigenvalue weighted by Crippen LogP contribution is 2.14. The second kappa shape index (κ2) is 7.55. The van der Waals surface area contributed by atoms with E-state index in [9.17, 15) is 4.79 Å². The lowest BCUT2D eigenvalue weighted by Gasteiger charge is -2.06. The molecule has 0 spiro atoms. The van der Waals surface area contributed by atoms with Crippen LogP contribution in [0, 0.1) is 6.92 Å². The molecule has 0 saturated carbocycles. The molecule has 0 aliphatic carbocycles. The normalized spacial score (nSPS) is 10.5. The summed E-state index contributed by atoms with van der Waals surface area (Å²) in [5, 5.41) is 7.45. The highest BCUT2D eigenvalue weighted by atomic mass is 16.1. The van der Waals surface area contributed by atoms with E-state index in [4.69, 9.17) is 0 Å². The van der Waals surface area contributed by atoms with Crippen LogP contribution in [0.1, 0.15) is 11.1 Å². The Morgan fingerprint density at radius 1 is 1.17 bits per heavy atom. The molecule has 0 fully saturated rings. The molecular formula is C19H20N4O. The number of pyridine rings is 1. The van der Waals surface area contributed by atoms with Gasteiger partial charge in [0.1, 0.15) is 0 Å². The van der Waals surface area contributed by atoms with Gasteiger partial charge in [-0.3, -0.25) is 14.5 Å². The molecule has 5 nitrogen and oxygen atoms in total. The molecule has 3 aromatic rings. The van der Waals surface area contributed by atoms with Crippen molar-refractivity contribution in [2.24, 2.45) is 0 Å². The minimum absolute atomic E-state index is 0.0297. The molecule has 5 heteroatoms. The SMILES string of the molecule is Cc1cccc(CC(=O)NCCn2ccc(-c3ccncc3)n2)c1. The summed E-state index contributed by atoms with van der Waals surface area (Å²) in [5.41, 5.74) is 4.14. The lowest BCUT2D eigenvalue weighted by atomic mass is 10.1. The average Bonchev–Trinajstić information content (AvgIpc) is 3.04. The van der Waals surface area contributed by atoms with Crippen molar-refractivity contribution in [2.75, 3.05) is 6.54 Å². The molecule has 3 rings (SSSR count). The fourth-order valence-electron chi connectivity index (χ4n) is 2.54. The molecule has 0 unspecified atom stereocenters. The number of carbonyl (C=O) groups is 1. The van der Waals surface area contributed by atoms with Crippen LogP contribution in [0.25, 0.3) is 11.3 Å². The maximum atomic E-state index is 12.0. The van der Waals surface area contributed by atoms with Gasteiger partial charge in [0.15, 0.2) is 0 Å². The van der Waals surface area contributed by atoms with Gasteiger partial charge in [-0.2, -0.15) is 5.10 Å². The van der Waals surface area contributed by atoms with Gasteiger partial charge < -0.3 is 5.32 Å². The lowest BCUT2D eigenvalue weighted by Crippen LogP contribution is -2.28. The zero-order chi connectivity index (χ0) is 16.8. The van der Waals surface area contributed by atoms with Crippen molar-refractivity contribution < 1.29 is 4.79 Å². The molecule has 2 aromatic heterocycles. The molecule has 0 saturated heterocycles. The van der Waals surface area contributed by atoms with Gasteiger partial charge in [0.2, 0.25) is 5.91 Å². The van der Waals surface area contributed by atoms with Crippen LogP contribution in [-0.4, -0.2) is 27.2 Å². The molecule has 24 heavy (non-hydrogen) atoms. The Kier molecular flexibility index (Phi) is 5.01. The first-order valence-corrected chi connectivity index (χ1v) is 7.97. The maximum Gasteiger partial charge on any atom is 0.224 e. The van der Waals surface area contributed by atoms with E-state index < -0.39 is 0 Å². The second-order valence-corrected chi connectivity index (χ2v) is 5.72. The van der Waals surface area contributed by atoms with E-state index in [1.807, 2.05) is 60.3 Å². The first kappa shape index (κ1) is 15.9. The third-order valence-electron chi connectivity index (χ3n) is 3.73. The number of hydrogen-bond donors (Lipinski definition) is 1. The predicted octanol–water partition coefficient (Wildman–Crippen LogP) is 2.61. The number of carbonyl (C=O) groups excluding carboxylic acids is 1. The minimum atomic E-state index is 0.0297. The number of aromatic nitrogens is 3. The van der Waals surface area contributed by atoms with Crippen molar-refractivity contribution in [3.05, 3.63) is 72.2 Å². The van der Waals surface area contributed by atoms with Gasteiger partial charge in [-0.1, -0.05) is 29.8 Å². The summed E-state index contributed by atoms with van der Waals surface area (Å²) >= 11 is 0. The number of amides is 1. The van der Waals surface area contributed by atoms with Crippen LogP contribution in [0.4, 0.5) is 0 Å². The van der Waals surface area contributed by atoms with E-state index in [1.54, 1.807) is 12.4 Å². The maximum absolute atomic E-state index is 12.0. The molecular weight excluding hydrogens is 300 g/mol. The van der Waals surface area contributed by atoms with E-state index in [0.29, 0.717) is 19.5 Å². The van der Waals surface area contributed by atoms with Gasteiger partial charge in [-0.15, -0.1) is 0 Å². The Morgan fingerprint density at radius 3 is 2.79 bits per heavy atom. The van der Waals surface area contributed by atoms with Gasteiger partial charge in [0, 0.05) is 30.7 Å². The van der Waals surface area contributed by atoms with Crippen LogP contribution in [-0.2, 0) is 17.8 Å². The largest absolute Gasteiger partial charge is 0.354 e. The second-order valence-electron chi connectivity index (χ2n) is 5.72. The number of nitrogens with one attached hydrogen (secondary N) is 1. The van der Waals surface area contributed by atoms with Crippen LogP contribution in [0.3, 0.4) is 0 Å². The summed E-state index contributed by atoms with van der Waals surface area (Å²) in [6, 6.07) is 13.8. The molecule has 2 heterocycles. The van der Waals surface area contributed by atoms with Gasteiger partial charge in [0.25, 0.3) is 0 Å². The zero-order valence-corrected chi connectivity index (χ0v) is 13.6. The van der Waals surface area contributed by atoms with Crippen molar-refractivity contribution in [1.82, 2.24) is 20.1 Å². The monoisotopic (exact) mass is 320 g/mol. The third kappa shape index (κ3) is 4.29. The van der Waals surface area contributed by atoms with Crippen LogP contribution in [0.5, 0.6) is 0 Å². The average molecular weight is 320 g/mol. The third-order valence-corrected chi connectivity index (χ3v) is 3.73. The topological polar surface area (TPSA) is 59.8 Å². The molecule has 1 amide bonds. The number of aryl methyl sites for hydroxylation is 1. The summed E-state index contributed by atoms with van der Waals surface area (Å²) in [4.78, 5) is 16.0. The van der Waals surface area contributed by atoms with Crippen LogP contribution < -0.4 is 5.32 Å². The number of rotatable bonds is 6. The Morgan fingerprint density at radius 2 is 2.00 bits per heavy atom. The molecule has 0 aliphatic rings. The number of benzene rings is 1. The van der Waals surface area contributed by atoms with E-state index in [0.717, 1.165) is 16.8 Å². The van der Waals surface area contributed by atoms with Crippen molar-refractivity contribution in [1.29, 1.82) is 0 Å². The van der Waals surface area contributed by atoms with E-state index >= 15 is 0 Å². The minimum Gasteiger partial charge on any atom is -0.354 e. The quantitative estimate of drug-likeness (QED) is 0.759. The fourth-order valence-corrected chi connectivity index (χ4v) is 2.54. The Balaban J connectivity index is 1.48. The summed E-state index contributed by atoms with van der Waals surface area (Å²) in [6.45, 7) is 3.23. The molecule has 0 atom stereocenters. The summed E-state index contributed by atoms with van der Waals surface area (Å²) in [6.07, 6.45) is 5.82. The van der Waals surface area contributed by atoms with Gasteiger partial charge in [-0.05, 0) is 30.7 Å². The molecule has 0 radical (unpaired) electrons. The lowest BCUT2D eigenvalue weighted by molar-refractivity contribution is -0.120. The van der Waals surface area contributed by atoms with Crippen LogP contribution in [0.15, 0.2) is 61.1 Å². The molecule has 0 aliphatic heterocycles. The Hall–Kier alpha value is -2.95. The summed E-state index contributed by atoms with van der Waals surface area (Å²) in [7, 11) is 0. The predicted molar refractivity (Wildman–Crippen MR) is 93.4 cm³/mol. The Labute approximate surface area is 141 Å². The first-order chi connectivity index (χ1) is 11.7. The van der Waals surface area contributed by atoms with Crippen molar-refractivity contribution in [3.8, 4) is 11.3 Å². The highest BCUT2D eigenvalue weighted by molar-refractivity contribution is 5.78. The van der Waals surface area contributed by atoms with Crippen LogP contribution >= 0.6 is 0 Å². The molecule has 122 valence electrons. The van der Waals surface area contributed by atoms with E-state index in [2.05, 4.69) is 15.4 Å². The van der Waals surface area contributed by atoms with Gasteiger partial charge in [0.05, 0.1) is 18.7 Å². The van der Waals surface area contributed by atoms with Gasteiger partial charge in [-0.25, -0.2) is 0 Å². The smallest absolute Gasteiger partial charge is 0.224 e. The first-order valence-electron chi connectivity index (χ1n) is 7.97. The molecule has 1 N–H and O–H groups in total. The van der Waals surface area contributed by atoms with Crippen molar-refractivity contribution in [2.45, 2.75) is 19.9 Å². The van der Waals surface area contributed by atoms with Gasteiger partial charge >= 0.3 is 0 Å². The van der Waals surface area contributed by atoms with Crippen molar-refractivity contribution >= 4 is 5.91 Å². The highest BCUT2D eigenvalue weighted by Gasteiger charge is 2.05. The van der Waals surface area contributed by atoms with E-state index in [-0.39, 0.29) is 5.91 Å². The van der Waals surface area contributed by atoms with E-state index in [1.165, 1.54) is 5.56 Å². The number of hydrogen-bond acceptors (Lipinski definition) is 3. The number of nitrogens with zero attached hydrogens (tertiary/aromatic N) is 3. The summed E-state index contributed by atoms with van der Waals surface area (Å²) < 4.78 is 1.84. The molecule has 1 aromatic carbocycles. The Bertz CT molecular complexity index is 811.